The summed E-state index contributed by atoms with van der Waals surface area (Å²) in [5.74, 6) is 1.49. The third-order valence-electron chi connectivity index (χ3n) is 3.80. The van der Waals surface area contributed by atoms with E-state index in [4.69, 9.17) is 4.74 Å². The molecule has 0 radical (unpaired) electrons. The Bertz CT molecular complexity index is 406. The molecule has 2 rings (SSSR count). The van der Waals surface area contributed by atoms with E-state index < -0.39 is 0 Å². The molecule has 0 aliphatic heterocycles. The fourth-order valence-electron chi connectivity index (χ4n) is 2.55. The second kappa shape index (κ2) is 6.44. The molecule has 0 spiro atoms. The summed E-state index contributed by atoms with van der Waals surface area (Å²) < 4.78 is 5.57. The van der Waals surface area contributed by atoms with Gasteiger partial charge in [-0.1, -0.05) is 6.92 Å². The molecule has 1 aliphatic carbocycles. The van der Waals surface area contributed by atoms with E-state index in [1.165, 1.54) is 18.4 Å². The molecule has 19 heavy (non-hydrogen) atoms. The average Bonchev–Trinajstić information content (AvgIpc) is 3.18. The molecule has 1 unspecified atom stereocenters. The smallest absolute Gasteiger partial charge is 0.157 e. The molecule has 1 saturated carbocycles. The number of likely N-dealkylation sites (N-methyl/N-ethyl adjacent to an activating group) is 1. The number of aromatic nitrogens is 2. The van der Waals surface area contributed by atoms with Gasteiger partial charge in [-0.2, -0.15) is 0 Å². The normalized spacial score (nSPS) is 16.6. The average molecular weight is 263 g/mol. The fourth-order valence-corrected chi connectivity index (χ4v) is 2.55. The van der Waals surface area contributed by atoms with E-state index in [9.17, 15) is 0 Å². The van der Waals surface area contributed by atoms with Crippen molar-refractivity contribution in [3.05, 3.63) is 22.8 Å². The first-order chi connectivity index (χ1) is 9.17. The van der Waals surface area contributed by atoms with Gasteiger partial charge >= 0.3 is 0 Å². The summed E-state index contributed by atoms with van der Waals surface area (Å²) in [5, 5.41) is 3.35. The molecule has 1 N–H and O–H groups in total. The SMILES string of the molecule is CCNCCc1c(C)nc(C(OC)C2CC2)nc1C. The van der Waals surface area contributed by atoms with Crippen LogP contribution in [-0.4, -0.2) is 30.2 Å². The first kappa shape index (κ1) is 14.4. The monoisotopic (exact) mass is 263 g/mol. The Hall–Kier alpha value is -1.00. The van der Waals surface area contributed by atoms with E-state index >= 15 is 0 Å². The maximum atomic E-state index is 5.57. The quantitative estimate of drug-likeness (QED) is 0.767. The van der Waals surface area contributed by atoms with Gasteiger partial charge < -0.3 is 10.1 Å². The van der Waals surface area contributed by atoms with Gasteiger partial charge in [-0.3, -0.25) is 0 Å². The van der Waals surface area contributed by atoms with Gasteiger partial charge in [-0.25, -0.2) is 9.97 Å². The molecule has 1 aliphatic rings. The zero-order valence-corrected chi connectivity index (χ0v) is 12.5. The van der Waals surface area contributed by atoms with Crippen LogP contribution in [0.25, 0.3) is 0 Å². The minimum absolute atomic E-state index is 0.0835. The van der Waals surface area contributed by atoms with Crippen molar-refractivity contribution in [2.75, 3.05) is 20.2 Å². The van der Waals surface area contributed by atoms with Crippen LogP contribution in [0, 0.1) is 19.8 Å². The summed E-state index contributed by atoms with van der Waals surface area (Å²) in [4.78, 5) is 9.36. The fraction of sp³-hybridized carbons (Fsp3) is 0.733. The molecule has 0 saturated heterocycles. The predicted octanol–water partition coefficient (Wildman–Crippen LogP) is 2.34. The number of methoxy groups -OCH3 is 1. The second-order valence-electron chi connectivity index (χ2n) is 5.33. The molecule has 0 amide bonds. The van der Waals surface area contributed by atoms with Gasteiger partial charge in [-0.05, 0) is 57.7 Å². The molecule has 106 valence electrons. The van der Waals surface area contributed by atoms with Crippen LogP contribution in [-0.2, 0) is 11.2 Å². The summed E-state index contributed by atoms with van der Waals surface area (Å²) in [7, 11) is 1.76. The van der Waals surface area contributed by atoms with Crippen LogP contribution < -0.4 is 5.32 Å². The maximum Gasteiger partial charge on any atom is 0.157 e. The number of aryl methyl sites for hydroxylation is 2. The lowest BCUT2D eigenvalue weighted by molar-refractivity contribution is 0.0768. The Balaban J connectivity index is 2.15. The van der Waals surface area contributed by atoms with Crippen molar-refractivity contribution in [3.63, 3.8) is 0 Å². The number of nitrogens with one attached hydrogen (secondary N) is 1. The van der Waals surface area contributed by atoms with Crippen molar-refractivity contribution in [1.29, 1.82) is 0 Å². The van der Waals surface area contributed by atoms with Crippen LogP contribution in [0.15, 0.2) is 0 Å². The van der Waals surface area contributed by atoms with Crippen molar-refractivity contribution in [2.45, 2.75) is 46.1 Å². The van der Waals surface area contributed by atoms with Gasteiger partial charge in [0.15, 0.2) is 5.82 Å². The number of nitrogens with zero attached hydrogens (tertiary/aromatic N) is 2. The van der Waals surface area contributed by atoms with Gasteiger partial charge in [0.2, 0.25) is 0 Å². The van der Waals surface area contributed by atoms with Crippen molar-refractivity contribution in [2.24, 2.45) is 5.92 Å². The van der Waals surface area contributed by atoms with Crippen LogP contribution in [0.3, 0.4) is 0 Å². The zero-order valence-electron chi connectivity index (χ0n) is 12.5. The highest BCUT2D eigenvalue weighted by Gasteiger charge is 2.34. The van der Waals surface area contributed by atoms with Crippen molar-refractivity contribution >= 4 is 0 Å². The van der Waals surface area contributed by atoms with Crippen LogP contribution in [0.4, 0.5) is 0 Å². The topological polar surface area (TPSA) is 47.0 Å². The van der Waals surface area contributed by atoms with Gasteiger partial charge in [-0.15, -0.1) is 0 Å². The van der Waals surface area contributed by atoms with E-state index in [2.05, 4.69) is 36.1 Å². The molecule has 1 aromatic heterocycles. The zero-order chi connectivity index (χ0) is 13.8. The Kier molecular flexibility index (Phi) is 4.88. The van der Waals surface area contributed by atoms with E-state index in [0.717, 1.165) is 36.7 Å². The molecule has 1 atom stereocenters. The first-order valence-corrected chi connectivity index (χ1v) is 7.24. The lowest BCUT2D eigenvalue weighted by Gasteiger charge is -2.16. The van der Waals surface area contributed by atoms with Gasteiger partial charge in [0.05, 0.1) is 0 Å². The highest BCUT2D eigenvalue weighted by Crippen LogP contribution is 2.42. The largest absolute Gasteiger partial charge is 0.373 e. The first-order valence-electron chi connectivity index (χ1n) is 7.24. The molecular formula is C15H25N3O. The molecule has 4 heteroatoms. The minimum atomic E-state index is 0.0835. The standard InChI is InChI=1S/C15H25N3O/c1-5-16-9-8-13-10(2)17-15(18-11(13)3)14(19-4)12-6-7-12/h12,14,16H,5-9H2,1-4H3. The molecule has 1 heterocycles. The van der Waals surface area contributed by atoms with E-state index in [1.54, 1.807) is 7.11 Å². The predicted molar refractivity (Wildman–Crippen MR) is 76.2 cm³/mol. The third-order valence-corrected chi connectivity index (χ3v) is 3.80. The highest BCUT2D eigenvalue weighted by atomic mass is 16.5. The number of hydrogen-bond donors (Lipinski definition) is 1. The number of ether oxygens (including phenoxy) is 1. The Labute approximate surface area is 116 Å². The summed E-state index contributed by atoms with van der Waals surface area (Å²) in [6, 6.07) is 0. The van der Waals surface area contributed by atoms with Crippen molar-refractivity contribution in [1.82, 2.24) is 15.3 Å². The van der Waals surface area contributed by atoms with Gasteiger partial charge in [0.25, 0.3) is 0 Å². The minimum Gasteiger partial charge on any atom is -0.373 e. The van der Waals surface area contributed by atoms with E-state index in [-0.39, 0.29) is 6.10 Å². The highest BCUT2D eigenvalue weighted by molar-refractivity contribution is 5.25. The summed E-state index contributed by atoms with van der Waals surface area (Å²) >= 11 is 0. The number of rotatable bonds is 7. The summed E-state index contributed by atoms with van der Waals surface area (Å²) in [6.07, 6.45) is 3.55. The van der Waals surface area contributed by atoms with Crippen LogP contribution in [0.2, 0.25) is 0 Å². The molecule has 4 nitrogen and oxygen atoms in total. The molecule has 1 fully saturated rings. The Morgan fingerprint density at radius 2 is 1.89 bits per heavy atom. The van der Waals surface area contributed by atoms with Crippen LogP contribution in [0.1, 0.15) is 48.6 Å². The van der Waals surface area contributed by atoms with Gasteiger partial charge in [0.1, 0.15) is 6.10 Å². The molecule has 0 aromatic carbocycles. The molecular weight excluding hydrogens is 238 g/mol. The lowest BCUT2D eigenvalue weighted by Crippen LogP contribution is -2.19. The second-order valence-corrected chi connectivity index (χ2v) is 5.33. The lowest BCUT2D eigenvalue weighted by atomic mass is 10.1. The van der Waals surface area contributed by atoms with E-state index in [0.29, 0.717) is 5.92 Å². The third kappa shape index (κ3) is 3.51. The molecule has 0 bridgehead atoms. The maximum absolute atomic E-state index is 5.57. The Morgan fingerprint density at radius 1 is 1.26 bits per heavy atom. The van der Waals surface area contributed by atoms with Crippen molar-refractivity contribution < 1.29 is 4.74 Å². The van der Waals surface area contributed by atoms with E-state index in [1.807, 2.05) is 0 Å². The summed E-state index contributed by atoms with van der Waals surface area (Å²) in [6.45, 7) is 8.28. The van der Waals surface area contributed by atoms with Crippen LogP contribution >= 0.6 is 0 Å². The molecule has 1 aromatic rings. The number of hydrogen-bond acceptors (Lipinski definition) is 4. The van der Waals surface area contributed by atoms with Crippen molar-refractivity contribution in [3.8, 4) is 0 Å². The summed E-state index contributed by atoms with van der Waals surface area (Å²) in [5.41, 5.74) is 3.47. The van der Waals surface area contributed by atoms with Gasteiger partial charge in [0, 0.05) is 18.5 Å². The van der Waals surface area contributed by atoms with Crippen LogP contribution in [0.5, 0.6) is 0 Å². The Morgan fingerprint density at radius 3 is 2.37 bits per heavy atom.